The SMILES string of the molecule is C=CCCOc1cncc(B2OC(C)(C)C(C)(C)O2)c1. The summed E-state index contributed by atoms with van der Waals surface area (Å²) in [4.78, 5) is 4.19. The molecule has 1 aromatic heterocycles. The van der Waals surface area contributed by atoms with Crippen molar-refractivity contribution < 1.29 is 14.0 Å². The largest absolute Gasteiger partial charge is 0.496 e. The molecule has 0 N–H and O–H groups in total. The van der Waals surface area contributed by atoms with Crippen molar-refractivity contribution in [1.29, 1.82) is 0 Å². The average Bonchev–Trinajstić information content (AvgIpc) is 2.59. The maximum absolute atomic E-state index is 6.00. The number of ether oxygens (including phenoxy) is 1. The van der Waals surface area contributed by atoms with Crippen molar-refractivity contribution in [3.63, 3.8) is 0 Å². The standard InChI is InChI=1S/C15H22BNO3/c1-6-7-8-18-13-9-12(10-17-11-13)16-19-14(2,3)15(4,5)20-16/h6,9-11H,1,7-8H2,2-5H3. The highest BCUT2D eigenvalue weighted by Gasteiger charge is 2.51. The third-order valence-electron chi connectivity index (χ3n) is 3.85. The van der Waals surface area contributed by atoms with Gasteiger partial charge in [-0.25, -0.2) is 0 Å². The first kappa shape index (κ1) is 15.1. The summed E-state index contributed by atoms with van der Waals surface area (Å²) in [6.07, 6.45) is 6.08. The highest BCUT2D eigenvalue weighted by molar-refractivity contribution is 6.62. The smallest absolute Gasteiger partial charge is 0.492 e. The lowest BCUT2D eigenvalue weighted by Gasteiger charge is -2.32. The Bertz CT molecular complexity index is 472. The second-order valence-corrected chi connectivity index (χ2v) is 5.97. The van der Waals surface area contributed by atoms with Gasteiger partial charge in [0.2, 0.25) is 0 Å². The van der Waals surface area contributed by atoms with E-state index < -0.39 is 7.12 Å². The first-order valence-corrected chi connectivity index (χ1v) is 6.90. The average molecular weight is 275 g/mol. The van der Waals surface area contributed by atoms with Crippen LogP contribution in [0.2, 0.25) is 0 Å². The Kier molecular flexibility index (Phi) is 4.21. The van der Waals surface area contributed by atoms with Crippen molar-refractivity contribution in [3.05, 3.63) is 31.1 Å². The second-order valence-electron chi connectivity index (χ2n) is 5.97. The Morgan fingerprint density at radius 1 is 1.25 bits per heavy atom. The summed E-state index contributed by atoms with van der Waals surface area (Å²) in [5.41, 5.74) is 0.175. The van der Waals surface area contributed by atoms with Crippen LogP contribution in [0.15, 0.2) is 31.1 Å². The summed E-state index contributed by atoms with van der Waals surface area (Å²) in [5, 5.41) is 0. The molecule has 1 aliphatic rings. The molecule has 2 rings (SSSR count). The van der Waals surface area contributed by atoms with E-state index >= 15 is 0 Å². The topological polar surface area (TPSA) is 40.6 Å². The molecule has 1 saturated heterocycles. The molecule has 0 aromatic carbocycles. The van der Waals surface area contributed by atoms with Gasteiger partial charge in [-0.1, -0.05) is 6.08 Å². The van der Waals surface area contributed by atoms with E-state index in [1.165, 1.54) is 0 Å². The van der Waals surface area contributed by atoms with Crippen LogP contribution in [0.25, 0.3) is 0 Å². The molecule has 0 amide bonds. The lowest BCUT2D eigenvalue weighted by molar-refractivity contribution is 0.00578. The molecule has 0 atom stereocenters. The van der Waals surface area contributed by atoms with Crippen molar-refractivity contribution >= 4 is 12.6 Å². The Hall–Kier alpha value is -1.33. The van der Waals surface area contributed by atoms with E-state index in [9.17, 15) is 0 Å². The fourth-order valence-corrected chi connectivity index (χ4v) is 1.88. The van der Waals surface area contributed by atoms with Crippen LogP contribution in [0, 0.1) is 0 Å². The van der Waals surface area contributed by atoms with E-state index in [4.69, 9.17) is 14.0 Å². The van der Waals surface area contributed by atoms with Crippen molar-refractivity contribution in [2.45, 2.75) is 45.3 Å². The zero-order chi connectivity index (χ0) is 14.8. The molecule has 0 unspecified atom stereocenters. The molecule has 0 spiro atoms. The van der Waals surface area contributed by atoms with E-state index in [-0.39, 0.29) is 11.2 Å². The maximum Gasteiger partial charge on any atom is 0.496 e. The lowest BCUT2D eigenvalue weighted by Crippen LogP contribution is -2.41. The van der Waals surface area contributed by atoms with Crippen molar-refractivity contribution in [3.8, 4) is 5.75 Å². The first-order chi connectivity index (χ1) is 9.36. The number of aromatic nitrogens is 1. The highest BCUT2D eigenvalue weighted by Crippen LogP contribution is 2.36. The van der Waals surface area contributed by atoms with E-state index in [1.54, 1.807) is 12.4 Å². The van der Waals surface area contributed by atoms with Gasteiger partial charge in [-0.15, -0.1) is 6.58 Å². The van der Waals surface area contributed by atoms with Crippen LogP contribution in [0.1, 0.15) is 34.1 Å². The number of rotatable bonds is 5. The third-order valence-corrected chi connectivity index (χ3v) is 3.85. The number of nitrogens with zero attached hydrogens (tertiary/aromatic N) is 1. The number of hydrogen-bond acceptors (Lipinski definition) is 4. The summed E-state index contributed by atoms with van der Waals surface area (Å²) in [6.45, 7) is 12.4. The van der Waals surface area contributed by atoms with Gasteiger partial charge in [-0.05, 0) is 40.2 Å². The van der Waals surface area contributed by atoms with Gasteiger partial charge in [0.15, 0.2) is 0 Å². The molecule has 108 valence electrons. The molecule has 5 heteroatoms. The summed E-state index contributed by atoms with van der Waals surface area (Å²) in [6, 6.07) is 1.91. The zero-order valence-electron chi connectivity index (χ0n) is 12.7. The monoisotopic (exact) mass is 275 g/mol. The van der Waals surface area contributed by atoms with Crippen LogP contribution in [0.3, 0.4) is 0 Å². The van der Waals surface area contributed by atoms with Gasteiger partial charge in [0.1, 0.15) is 5.75 Å². The van der Waals surface area contributed by atoms with Crippen LogP contribution in [0.4, 0.5) is 0 Å². The molecule has 1 fully saturated rings. The van der Waals surface area contributed by atoms with Crippen molar-refractivity contribution in [2.75, 3.05) is 6.61 Å². The van der Waals surface area contributed by atoms with Crippen LogP contribution in [-0.4, -0.2) is 29.9 Å². The Balaban J connectivity index is 2.10. The van der Waals surface area contributed by atoms with E-state index in [0.29, 0.717) is 6.61 Å². The minimum atomic E-state index is -0.407. The van der Waals surface area contributed by atoms with Crippen molar-refractivity contribution in [1.82, 2.24) is 4.98 Å². The zero-order valence-corrected chi connectivity index (χ0v) is 12.7. The van der Waals surface area contributed by atoms with Gasteiger partial charge < -0.3 is 14.0 Å². The molecule has 0 bridgehead atoms. The fourth-order valence-electron chi connectivity index (χ4n) is 1.88. The Morgan fingerprint density at radius 3 is 2.50 bits per heavy atom. The lowest BCUT2D eigenvalue weighted by atomic mass is 9.80. The minimum Gasteiger partial charge on any atom is -0.492 e. The van der Waals surface area contributed by atoms with Crippen LogP contribution in [-0.2, 0) is 9.31 Å². The van der Waals surface area contributed by atoms with Gasteiger partial charge in [0.05, 0.1) is 24.0 Å². The molecule has 0 aliphatic carbocycles. The van der Waals surface area contributed by atoms with E-state index in [2.05, 4.69) is 11.6 Å². The molecule has 0 saturated carbocycles. The maximum atomic E-state index is 6.00. The van der Waals surface area contributed by atoms with Gasteiger partial charge in [0.25, 0.3) is 0 Å². The predicted molar refractivity (Wildman–Crippen MR) is 80.3 cm³/mol. The first-order valence-electron chi connectivity index (χ1n) is 6.90. The van der Waals surface area contributed by atoms with Crippen molar-refractivity contribution in [2.24, 2.45) is 0 Å². The molecule has 4 nitrogen and oxygen atoms in total. The highest BCUT2D eigenvalue weighted by atomic mass is 16.7. The molecular formula is C15H22BNO3. The fraction of sp³-hybridized carbons (Fsp3) is 0.533. The second kappa shape index (κ2) is 5.58. The molecule has 20 heavy (non-hydrogen) atoms. The Morgan fingerprint density at radius 2 is 1.90 bits per heavy atom. The summed E-state index contributed by atoms with van der Waals surface area (Å²) < 4.78 is 17.6. The van der Waals surface area contributed by atoms with Crippen LogP contribution < -0.4 is 10.2 Å². The van der Waals surface area contributed by atoms with Gasteiger partial charge in [0, 0.05) is 11.7 Å². The molecule has 1 aliphatic heterocycles. The summed E-state index contributed by atoms with van der Waals surface area (Å²) >= 11 is 0. The molecule has 2 heterocycles. The minimum absolute atomic E-state index is 0.350. The number of hydrogen-bond donors (Lipinski definition) is 0. The van der Waals surface area contributed by atoms with E-state index in [1.807, 2.05) is 39.8 Å². The molecule has 1 aromatic rings. The summed E-state index contributed by atoms with van der Waals surface area (Å²) in [5.74, 6) is 0.721. The van der Waals surface area contributed by atoms with E-state index in [0.717, 1.165) is 17.6 Å². The molecule has 0 radical (unpaired) electrons. The normalized spacial score (nSPS) is 19.9. The van der Waals surface area contributed by atoms with Gasteiger partial charge in [-0.2, -0.15) is 0 Å². The number of pyridine rings is 1. The third kappa shape index (κ3) is 3.05. The van der Waals surface area contributed by atoms with Gasteiger partial charge in [-0.3, -0.25) is 4.98 Å². The quantitative estimate of drug-likeness (QED) is 0.470. The molecular weight excluding hydrogens is 253 g/mol. The Labute approximate surface area is 121 Å². The predicted octanol–water partition coefficient (Wildman–Crippen LogP) is 2.34. The van der Waals surface area contributed by atoms with Crippen LogP contribution in [0.5, 0.6) is 5.75 Å². The van der Waals surface area contributed by atoms with Gasteiger partial charge >= 0.3 is 7.12 Å². The van der Waals surface area contributed by atoms with Crippen LogP contribution >= 0.6 is 0 Å². The summed E-state index contributed by atoms with van der Waals surface area (Å²) in [7, 11) is -0.407.